The van der Waals surface area contributed by atoms with Crippen LogP contribution in [0.5, 0.6) is 0 Å². The van der Waals surface area contributed by atoms with Crippen molar-refractivity contribution in [3.8, 4) is 12.3 Å². The maximum atomic E-state index is 9.61. The first-order chi connectivity index (χ1) is 7.72. The highest BCUT2D eigenvalue weighted by Gasteiger charge is 2.40. The fraction of sp³-hybridized carbons (Fsp3) is 0.429. The lowest BCUT2D eigenvalue weighted by Crippen LogP contribution is -2.44. The second-order valence-electron chi connectivity index (χ2n) is 4.45. The van der Waals surface area contributed by atoms with Gasteiger partial charge in [0.05, 0.1) is 13.2 Å². The molecule has 1 aliphatic carbocycles. The van der Waals surface area contributed by atoms with E-state index in [9.17, 15) is 5.11 Å². The lowest BCUT2D eigenvalue weighted by Gasteiger charge is -2.39. The minimum Gasteiger partial charge on any atom is -0.378 e. The largest absolute Gasteiger partial charge is 0.378 e. The Bertz CT molecular complexity index is 371. The number of hydrogen-bond acceptors (Lipinski definition) is 2. The van der Waals surface area contributed by atoms with E-state index in [1.165, 1.54) is 5.56 Å². The SMILES string of the molecule is C#CC1(O)CC(COCc2ccccc2)C1. The van der Waals surface area contributed by atoms with Gasteiger partial charge in [0.2, 0.25) is 0 Å². The van der Waals surface area contributed by atoms with Crippen LogP contribution < -0.4 is 0 Å². The minimum absolute atomic E-state index is 0.407. The fourth-order valence-corrected chi connectivity index (χ4v) is 2.05. The molecule has 2 heteroatoms. The van der Waals surface area contributed by atoms with Gasteiger partial charge in [-0.2, -0.15) is 0 Å². The molecule has 0 aliphatic heterocycles. The minimum atomic E-state index is -0.860. The molecule has 0 spiro atoms. The highest BCUT2D eigenvalue weighted by Crippen LogP contribution is 2.37. The standard InChI is InChI=1S/C14H16O2/c1-2-14(15)8-13(9-14)11-16-10-12-6-4-3-5-7-12/h1,3-7,13,15H,8-11H2. The van der Waals surface area contributed by atoms with Gasteiger partial charge in [0, 0.05) is 0 Å². The van der Waals surface area contributed by atoms with Gasteiger partial charge >= 0.3 is 0 Å². The van der Waals surface area contributed by atoms with Gasteiger partial charge in [-0.25, -0.2) is 0 Å². The van der Waals surface area contributed by atoms with Gasteiger partial charge in [-0.05, 0) is 24.3 Å². The number of benzene rings is 1. The predicted octanol–water partition coefficient (Wildman–Crippen LogP) is 1.98. The molecule has 2 rings (SSSR count). The average molecular weight is 216 g/mol. The zero-order valence-electron chi connectivity index (χ0n) is 9.23. The van der Waals surface area contributed by atoms with Crippen molar-refractivity contribution in [2.45, 2.75) is 25.0 Å². The number of aliphatic hydroxyl groups is 1. The summed E-state index contributed by atoms with van der Waals surface area (Å²) in [4.78, 5) is 0. The van der Waals surface area contributed by atoms with Crippen LogP contribution in [0.25, 0.3) is 0 Å². The Balaban J connectivity index is 1.66. The lowest BCUT2D eigenvalue weighted by molar-refractivity contribution is -0.0581. The Morgan fingerprint density at radius 3 is 2.69 bits per heavy atom. The predicted molar refractivity (Wildman–Crippen MR) is 62.6 cm³/mol. The molecular formula is C14H16O2. The quantitative estimate of drug-likeness (QED) is 0.780. The van der Waals surface area contributed by atoms with Crippen molar-refractivity contribution >= 4 is 0 Å². The molecule has 0 atom stereocenters. The van der Waals surface area contributed by atoms with Gasteiger partial charge in [0.25, 0.3) is 0 Å². The Morgan fingerprint density at radius 1 is 1.38 bits per heavy atom. The molecule has 0 radical (unpaired) electrons. The van der Waals surface area contributed by atoms with Crippen molar-refractivity contribution in [1.29, 1.82) is 0 Å². The smallest absolute Gasteiger partial charge is 0.125 e. The van der Waals surface area contributed by atoms with Crippen LogP contribution in [0, 0.1) is 18.3 Å². The zero-order valence-corrected chi connectivity index (χ0v) is 9.23. The second kappa shape index (κ2) is 4.69. The topological polar surface area (TPSA) is 29.5 Å². The van der Waals surface area contributed by atoms with Crippen molar-refractivity contribution < 1.29 is 9.84 Å². The van der Waals surface area contributed by atoms with Crippen LogP contribution in [-0.4, -0.2) is 17.3 Å². The molecule has 1 saturated carbocycles. The molecule has 0 amide bonds. The number of hydrogen-bond donors (Lipinski definition) is 1. The van der Waals surface area contributed by atoms with E-state index in [0.29, 0.717) is 32.0 Å². The average Bonchev–Trinajstić information content (AvgIpc) is 2.28. The third-order valence-electron chi connectivity index (χ3n) is 2.99. The monoisotopic (exact) mass is 216 g/mol. The summed E-state index contributed by atoms with van der Waals surface area (Å²) in [5, 5.41) is 9.61. The Kier molecular flexibility index (Phi) is 3.28. The molecule has 1 aromatic rings. The van der Waals surface area contributed by atoms with Gasteiger partial charge < -0.3 is 9.84 Å². The summed E-state index contributed by atoms with van der Waals surface area (Å²) in [7, 11) is 0. The highest BCUT2D eigenvalue weighted by molar-refractivity contribution is 5.15. The van der Waals surface area contributed by atoms with Crippen molar-refractivity contribution in [3.05, 3.63) is 35.9 Å². The summed E-state index contributed by atoms with van der Waals surface area (Å²) in [5.41, 5.74) is 0.315. The van der Waals surface area contributed by atoms with Crippen molar-refractivity contribution in [1.82, 2.24) is 0 Å². The maximum absolute atomic E-state index is 9.61. The molecule has 1 N–H and O–H groups in total. The number of ether oxygens (including phenoxy) is 1. The van der Waals surface area contributed by atoms with Crippen LogP contribution in [0.4, 0.5) is 0 Å². The number of terminal acetylenes is 1. The molecule has 0 bridgehead atoms. The summed E-state index contributed by atoms with van der Waals surface area (Å²) in [6, 6.07) is 10.1. The molecule has 0 saturated heterocycles. The molecule has 16 heavy (non-hydrogen) atoms. The third kappa shape index (κ3) is 2.63. The van der Waals surface area contributed by atoms with Crippen molar-refractivity contribution in [3.63, 3.8) is 0 Å². The van der Waals surface area contributed by atoms with Crippen molar-refractivity contribution in [2.75, 3.05) is 6.61 Å². The summed E-state index contributed by atoms with van der Waals surface area (Å²) < 4.78 is 5.58. The Morgan fingerprint density at radius 2 is 2.06 bits per heavy atom. The molecule has 1 aliphatic rings. The van der Waals surface area contributed by atoms with Crippen LogP contribution in [-0.2, 0) is 11.3 Å². The van der Waals surface area contributed by atoms with Gasteiger partial charge in [0.15, 0.2) is 0 Å². The van der Waals surface area contributed by atoms with E-state index in [1.54, 1.807) is 0 Å². The van der Waals surface area contributed by atoms with E-state index in [1.807, 2.05) is 30.3 Å². The molecule has 1 aromatic carbocycles. The van der Waals surface area contributed by atoms with E-state index in [-0.39, 0.29) is 0 Å². The van der Waals surface area contributed by atoms with Crippen LogP contribution in [0.3, 0.4) is 0 Å². The van der Waals surface area contributed by atoms with Gasteiger partial charge in [-0.3, -0.25) is 0 Å². The van der Waals surface area contributed by atoms with E-state index in [4.69, 9.17) is 11.2 Å². The Hall–Kier alpha value is -1.30. The van der Waals surface area contributed by atoms with Gasteiger partial charge in [-0.15, -0.1) is 6.42 Å². The van der Waals surface area contributed by atoms with E-state index in [0.717, 1.165) is 0 Å². The zero-order chi connectivity index (χ0) is 11.4. The van der Waals surface area contributed by atoms with Crippen LogP contribution in [0.1, 0.15) is 18.4 Å². The molecule has 1 fully saturated rings. The molecule has 0 aromatic heterocycles. The van der Waals surface area contributed by atoms with Crippen LogP contribution in [0.2, 0.25) is 0 Å². The second-order valence-corrected chi connectivity index (χ2v) is 4.45. The molecule has 84 valence electrons. The van der Waals surface area contributed by atoms with Gasteiger partial charge in [-0.1, -0.05) is 36.3 Å². The van der Waals surface area contributed by atoms with E-state index < -0.39 is 5.60 Å². The fourth-order valence-electron chi connectivity index (χ4n) is 2.05. The molecular weight excluding hydrogens is 200 g/mol. The van der Waals surface area contributed by atoms with E-state index in [2.05, 4.69) is 5.92 Å². The van der Waals surface area contributed by atoms with Gasteiger partial charge in [0.1, 0.15) is 5.60 Å². The summed E-state index contributed by atoms with van der Waals surface area (Å²) in [6.45, 7) is 1.31. The third-order valence-corrected chi connectivity index (χ3v) is 2.99. The first-order valence-electron chi connectivity index (χ1n) is 5.54. The Labute approximate surface area is 96.3 Å². The summed E-state index contributed by atoms with van der Waals surface area (Å²) in [5.74, 6) is 2.82. The first kappa shape index (κ1) is 11.2. The normalized spacial score (nSPS) is 28.1. The number of rotatable bonds is 4. The maximum Gasteiger partial charge on any atom is 0.125 e. The lowest BCUT2D eigenvalue weighted by atomic mass is 9.72. The molecule has 0 heterocycles. The van der Waals surface area contributed by atoms with Crippen LogP contribution >= 0.6 is 0 Å². The highest BCUT2D eigenvalue weighted by atomic mass is 16.5. The summed E-state index contributed by atoms with van der Waals surface area (Å²) in [6.07, 6.45) is 6.54. The van der Waals surface area contributed by atoms with E-state index >= 15 is 0 Å². The summed E-state index contributed by atoms with van der Waals surface area (Å²) >= 11 is 0. The first-order valence-corrected chi connectivity index (χ1v) is 5.54. The molecule has 0 unspecified atom stereocenters. The van der Waals surface area contributed by atoms with Crippen LogP contribution in [0.15, 0.2) is 30.3 Å². The molecule has 2 nitrogen and oxygen atoms in total. The van der Waals surface area contributed by atoms with Crippen molar-refractivity contribution in [2.24, 2.45) is 5.92 Å².